The van der Waals surface area contributed by atoms with Crippen LogP contribution in [0.5, 0.6) is 0 Å². The molecule has 5 nitrogen and oxygen atoms in total. The molecule has 1 aliphatic heterocycles. The largest absolute Gasteiger partial charge is 0.340 e. The third-order valence-electron chi connectivity index (χ3n) is 3.91. The van der Waals surface area contributed by atoms with Crippen molar-refractivity contribution in [1.82, 2.24) is 19.2 Å². The van der Waals surface area contributed by atoms with Gasteiger partial charge in [0.2, 0.25) is 5.91 Å². The molecule has 3 heterocycles. The summed E-state index contributed by atoms with van der Waals surface area (Å²) in [6.07, 6.45) is 4.83. The van der Waals surface area contributed by atoms with Crippen LogP contribution in [0.3, 0.4) is 0 Å². The van der Waals surface area contributed by atoms with E-state index >= 15 is 0 Å². The first kappa shape index (κ1) is 18.3. The van der Waals surface area contributed by atoms with Crippen LogP contribution in [-0.4, -0.2) is 57.2 Å². The first-order valence-corrected chi connectivity index (χ1v) is 8.26. The van der Waals surface area contributed by atoms with E-state index in [1.54, 1.807) is 0 Å². The summed E-state index contributed by atoms with van der Waals surface area (Å²) in [5.41, 5.74) is 1.91. The predicted molar refractivity (Wildman–Crippen MR) is 94.6 cm³/mol. The minimum absolute atomic E-state index is 0. The molecule has 1 fully saturated rings. The summed E-state index contributed by atoms with van der Waals surface area (Å²) in [6.45, 7) is 4.09. The maximum Gasteiger partial charge on any atom is 0.237 e. The van der Waals surface area contributed by atoms with Gasteiger partial charge in [0.15, 0.2) is 0 Å². The predicted octanol–water partition coefficient (Wildman–Crippen LogP) is 2.68. The van der Waals surface area contributed by atoms with E-state index < -0.39 is 0 Å². The van der Waals surface area contributed by atoms with Gasteiger partial charge in [-0.25, -0.2) is 4.98 Å². The molecule has 0 aromatic carbocycles. The Bertz CT molecular complexity index is 676. The van der Waals surface area contributed by atoms with Gasteiger partial charge in [-0.15, -0.1) is 24.0 Å². The van der Waals surface area contributed by atoms with Crippen molar-refractivity contribution < 1.29 is 4.79 Å². The molecule has 1 saturated heterocycles. The second-order valence-electron chi connectivity index (χ2n) is 5.49. The van der Waals surface area contributed by atoms with Crippen molar-refractivity contribution >= 4 is 47.2 Å². The number of fused-ring (bicyclic) bond motifs is 1. The molecule has 0 spiro atoms. The van der Waals surface area contributed by atoms with Gasteiger partial charge in [-0.1, -0.05) is 11.6 Å². The Kier molecular flexibility index (Phi) is 6.53. The van der Waals surface area contributed by atoms with E-state index in [1.165, 1.54) is 0 Å². The van der Waals surface area contributed by atoms with Crippen LogP contribution in [0.25, 0.3) is 5.65 Å². The third kappa shape index (κ3) is 4.51. The number of aromatic nitrogens is 2. The first-order chi connectivity index (χ1) is 10.7. The van der Waals surface area contributed by atoms with Gasteiger partial charge in [-0.2, -0.15) is 0 Å². The highest BCUT2D eigenvalue weighted by atomic mass is 35.5. The Morgan fingerprint density at radius 3 is 2.78 bits per heavy atom. The van der Waals surface area contributed by atoms with E-state index in [-0.39, 0.29) is 24.2 Å². The van der Waals surface area contributed by atoms with Gasteiger partial charge in [-0.3, -0.25) is 9.69 Å². The van der Waals surface area contributed by atoms with E-state index in [1.807, 2.05) is 33.8 Å². The van der Waals surface area contributed by atoms with E-state index in [2.05, 4.69) is 9.88 Å². The topological polar surface area (TPSA) is 40.9 Å². The summed E-state index contributed by atoms with van der Waals surface area (Å²) in [5.74, 6) is 0.0820. The number of amides is 1. The number of hydrogen-bond donors (Lipinski definition) is 0. The molecule has 0 saturated carbocycles. The number of hydrogen-bond acceptors (Lipinski definition) is 3. The monoisotopic (exact) mass is 376 g/mol. The second kappa shape index (κ2) is 8.20. The lowest BCUT2D eigenvalue weighted by atomic mass is 10.3. The molecular weight excluding hydrogens is 359 g/mol. The molecule has 8 heteroatoms. The van der Waals surface area contributed by atoms with Crippen LogP contribution in [-0.2, 0) is 11.3 Å². The molecular formula is C15H19Cl3N4O. The van der Waals surface area contributed by atoms with Crippen LogP contribution in [0.4, 0.5) is 0 Å². The molecule has 2 aromatic heterocycles. The molecule has 23 heavy (non-hydrogen) atoms. The van der Waals surface area contributed by atoms with E-state index in [4.69, 9.17) is 23.2 Å². The summed E-state index contributed by atoms with van der Waals surface area (Å²) in [4.78, 5) is 20.5. The van der Waals surface area contributed by atoms with Gasteiger partial charge < -0.3 is 9.30 Å². The van der Waals surface area contributed by atoms with Crippen molar-refractivity contribution in [2.75, 3.05) is 32.1 Å². The van der Waals surface area contributed by atoms with Crippen LogP contribution in [0.15, 0.2) is 24.5 Å². The highest BCUT2D eigenvalue weighted by molar-refractivity contribution is 6.30. The maximum atomic E-state index is 11.7. The molecule has 0 aliphatic carbocycles. The lowest BCUT2D eigenvalue weighted by Crippen LogP contribution is -2.35. The van der Waals surface area contributed by atoms with E-state index in [0.717, 1.165) is 50.5 Å². The van der Waals surface area contributed by atoms with Gasteiger partial charge in [0.05, 0.1) is 10.7 Å². The van der Waals surface area contributed by atoms with Gasteiger partial charge in [0.25, 0.3) is 0 Å². The fourth-order valence-electron chi connectivity index (χ4n) is 2.79. The SMILES string of the molecule is Cl.O=C(CCl)N1CCCN(Cc2cn3cc(Cl)ccc3n2)CC1. The Labute approximate surface area is 151 Å². The van der Waals surface area contributed by atoms with Gasteiger partial charge >= 0.3 is 0 Å². The molecule has 0 bridgehead atoms. The molecule has 2 aromatic rings. The van der Waals surface area contributed by atoms with Crippen molar-refractivity contribution in [1.29, 1.82) is 0 Å². The minimum Gasteiger partial charge on any atom is -0.340 e. The van der Waals surface area contributed by atoms with Crippen molar-refractivity contribution in [3.63, 3.8) is 0 Å². The smallest absolute Gasteiger partial charge is 0.237 e. The lowest BCUT2D eigenvalue weighted by molar-refractivity contribution is -0.128. The summed E-state index contributed by atoms with van der Waals surface area (Å²) in [7, 11) is 0. The Balaban J connectivity index is 0.00000192. The van der Waals surface area contributed by atoms with Crippen LogP contribution in [0.2, 0.25) is 5.02 Å². The first-order valence-electron chi connectivity index (χ1n) is 7.35. The molecule has 1 aliphatic rings. The number of rotatable bonds is 3. The Morgan fingerprint density at radius 2 is 2.00 bits per heavy atom. The van der Waals surface area contributed by atoms with Crippen LogP contribution < -0.4 is 0 Å². The highest BCUT2D eigenvalue weighted by Crippen LogP contribution is 2.14. The van der Waals surface area contributed by atoms with Crippen LogP contribution >= 0.6 is 35.6 Å². The molecule has 0 N–H and O–H groups in total. The van der Waals surface area contributed by atoms with Gasteiger partial charge in [0, 0.05) is 45.1 Å². The van der Waals surface area contributed by atoms with E-state index in [9.17, 15) is 4.79 Å². The average molecular weight is 378 g/mol. The number of carbonyl (C=O) groups excluding carboxylic acids is 1. The minimum atomic E-state index is 0. The zero-order valence-electron chi connectivity index (χ0n) is 12.6. The number of alkyl halides is 1. The second-order valence-corrected chi connectivity index (χ2v) is 6.19. The summed E-state index contributed by atoms with van der Waals surface area (Å²) in [6, 6.07) is 3.75. The average Bonchev–Trinajstić information content (AvgIpc) is 2.75. The Hall–Kier alpha value is -1.01. The quantitative estimate of drug-likeness (QED) is 0.772. The van der Waals surface area contributed by atoms with Crippen LogP contribution in [0, 0.1) is 0 Å². The van der Waals surface area contributed by atoms with Crippen molar-refractivity contribution in [3.8, 4) is 0 Å². The lowest BCUT2D eigenvalue weighted by Gasteiger charge is -2.20. The van der Waals surface area contributed by atoms with Crippen molar-refractivity contribution in [2.45, 2.75) is 13.0 Å². The fourth-order valence-corrected chi connectivity index (χ4v) is 3.12. The van der Waals surface area contributed by atoms with E-state index in [0.29, 0.717) is 5.02 Å². The number of pyridine rings is 1. The summed E-state index contributed by atoms with van der Waals surface area (Å²) >= 11 is 11.6. The normalized spacial score (nSPS) is 16.2. The Morgan fingerprint density at radius 1 is 1.17 bits per heavy atom. The maximum absolute atomic E-state index is 11.7. The number of nitrogens with zero attached hydrogens (tertiary/aromatic N) is 4. The molecule has 3 rings (SSSR count). The van der Waals surface area contributed by atoms with Crippen molar-refractivity contribution in [2.24, 2.45) is 0 Å². The zero-order chi connectivity index (χ0) is 15.5. The molecule has 0 atom stereocenters. The number of carbonyl (C=O) groups is 1. The third-order valence-corrected chi connectivity index (χ3v) is 4.36. The molecule has 0 radical (unpaired) electrons. The number of imidazole rings is 1. The summed E-state index contributed by atoms with van der Waals surface area (Å²) < 4.78 is 1.94. The zero-order valence-corrected chi connectivity index (χ0v) is 14.9. The standard InChI is InChI=1S/C15H18Cl2N4O.ClH/c16-8-15(22)20-5-1-4-19(6-7-20)10-13-11-21-9-12(17)2-3-14(21)18-13;/h2-3,9,11H,1,4-8,10H2;1H. The number of halogens is 3. The highest BCUT2D eigenvalue weighted by Gasteiger charge is 2.19. The molecule has 0 unspecified atom stereocenters. The summed E-state index contributed by atoms with van der Waals surface area (Å²) in [5, 5.41) is 0.696. The molecule has 1 amide bonds. The molecule has 126 valence electrons. The van der Waals surface area contributed by atoms with Gasteiger partial charge in [0.1, 0.15) is 11.5 Å². The van der Waals surface area contributed by atoms with Gasteiger partial charge in [-0.05, 0) is 18.6 Å². The van der Waals surface area contributed by atoms with Crippen LogP contribution in [0.1, 0.15) is 12.1 Å². The fraction of sp³-hybridized carbons (Fsp3) is 0.467. The van der Waals surface area contributed by atoms with Crippen molar-refractivity contribution in [3.05, 3.63) is 35.2 Å².